The van der Waals surface area contributed by atoms with E-state index in [1.54, 1.807) is 13.8 Å². The van der Waals surface area contributed by atoms with Crippen molar-refractivity contribution in [2.24, 2.45) is 46.3 Å². The molecule has 0 bridgehead atoms. The summed E-state index contributed by atoms with van der Waals surface area (Å²) in [6.07, 6.45) is 16.6. The first-order valence-electron chi connectivity index (χ1n) is 28.8. The zero-order valence-corrected chi connectivity index (χ0v) is 45.8. The maximum Gasteiger partial charge on any atom is 0.225 e. The number of unbranched alkanes of at least 4 members (excludes halogenated alkanes) is 5. The predicted molar refractivity (Wildman–Crippen MR) is 291 cm³/mol. The second-order valence-corrected chi connectivity index (χ2v) is 23.5. The summed E-state index contributed by atoms with van der Waals surface area (Å²) in [4.78, 5) is 57.2. The summed E-state index contributed by atoms with van der Waals surface area (Å²) in [6, 6.07) is 31.0. The molecular weight excluding hydrogens is 909 g/mol. The van der Waals surface area contributed by atoms with Gasteiger partial charge in [-0.3, -0.25) is 19.2 Å². The van der Waals surface area contributed by atoms with Crippen LogP contribution in [0.3, 0.4) is 0 Å². The highest BCUT2D eigenvalue weighted by molar-refractivity contribution is 5.77. The Hall–Kier alpha value is -4.18. The minimum absolute atomic E-state index is 0.0297. The third-order valence-electron chi connectivity index (χ3n) is 18.6. The molecule has 0 heterocycles. The summed E-state index contributed by atoms with van der Waals surface area (Å²) in [5.74, 6) is 2.59. The lowest BCUT2D eigenvalue weighted by molar-refractivity contribution is -0.227. The van der Waals surface area contributed by atoms with Gasteiger partial charge in [-0.2, -0.15) is 0 Å². The zero-order valence-electron chi connectivity index (χ0n) is 45.8. The molecule has 4 aliphatic rings. The van der Waals surface area contributed by atoms with Crippen molar-refractivity contribution in [3.63, 3.8) is 0 Å². The average Bonchev–Trinajstić information content (AvgIpc) is 3.75. The molecule has 11 atom stereocenters. The van der Waals surface area contributed by atoms with Crippen LogP contribution in [0.25, 0.3) is 0 Å². The Labute approximate surface area is 440 Å². The van der Waals surface area contributed by atoms with E-state index in [1.165, 1.54) is 31.2 Å². The Morgan fingerprint density at radius 2 is 1.15 bits per heavy atom. The SMILES string of the molecule is CCCCCCCCN(Cc1ccccc1)C(=O)CCC(C)[C@H]1CC[C@H]2C3[C@H](OCCC(=O)N(Cc4ccccc4)Cc4ccccc4)CC4C[C@H](OCCC(C)=O)CC[C@]4(C)[C@H]3C[C@H](OCCC(C)=O)[C@]12C. The van der Waals surface area contributed by atoms with E-state index in [2.05, 4.69) is 81.1 Å². The molecule has 9 nitrogen and oxygen atoms in total. The molecule has 9 heteroatoms. The van der Waals surface area contributed by atoms with Crippen molar-refractivity contribution >= 4 is 23.4 Å². The molecule has 2 amide bonds. The first-order chi connectivity index (χ1) is 35.3. The summed E-state index contributed by atoms with van der Waals surface area (Å²) in [5.41, 5.74) is 3.25. The number of ether oxygens (including phenoxy) is 3. The predicted octanol–water partition coefficient (Wildman–Crippen LogP) is 13.4. The van der Waals surface area contributed by atoms with Crippen LogP contribution in [0.15, 0.2) is 91.0 Å². The molecule has 3 aromatic rings. The third-order valence-corrected chi connectivity index (χ3v) is 18.6. The first kappa shape index (κ1) is 56.5. The first-order valence-corrected chi connectivity index (χ1v) is 28.8. The maximum absolute atomic E-state index is 14.4. The third kappa shape index (κ3) is 15.0. The van der Waals surface area contributed by atoms with Gasteiger partial charge >= 0.3 is 0 Å². The molecule has 0 spiro atoms. The summed E-state index contributed by atoms with van der Waals surface area (Å²) < 4.78 is 20.8. The number of carbonyl (C=O) groups is 4. The molecular formula is C64H92N2O7. The van der Waals surface area contributed by atoms with Crippen molar-refractivity contribution in [2.45, 2.75) is 195 Å². The Bertz CT molecular complexity index is 2130. The monoisotopic (exact) mass is 1000 g/mol. The van der Waals surface area contributed by atoms with E-state index in [9.17, 15) is 19.2 Å². The number of ketones is 2. The number of fused-ring (bicyclic) bond motifs is 5. The van der Waals surface area contributed by atoms with E-state index in [4.69, 9.17) is 14.2 Å². The van der Waals surface area contributed by atoms with E-state index in [0.29, 0.717) is 94.7 Å². The number of Topliss-reactive ketones (excluding diaryl/α,β-unsaturated/α-hetero) is 2. The highest BCUT2D eigenvalue weighted by atomic mass is 16.5. The number of amides is 2. The van der Waals surface area contributed by atoms with Crippen molar-refractivity contribution in [1.29, 1.82) is 0 Å². The molecule has 400 valence electrons. The van der Waals surface area contributed by atoms with Crippen LogP contribution in [0, 0.1) is 46.3 Å². The molecule has 4 aliphatic carbocycles. The van der Waals surface area contributed by atoms with Crippen LogP contribution in [-0.2, 0) is 53.0 Å². The van der Waals surface area contributed by atoms with Crippen LogP contribution in [0.5, 0.6) is 0 Å². The molecule has 73 heavy (non-hydrogen) atoms. The standard InChI is InChI=1S/C64H92N2O7/c1-7-8-9-10-11-21-37-65(44-50-22-15-12-16-23-50)60(69)31-28-47(2)55-29-30-56-62-57(43-59(64(55,56)6)73-39-34-49(4)68)63(5)36-32-54(71-38-33-48(3)67)41-53(63)42-58(62)72-40-35-61(70)66(45-51-24-17-13-18-25-51)46-52-26-19-14-20-27-52/h12-20,22-27,47,53-59,62H,7-11,21,28-46H2,1-6H3/t47?,53?,54-,55-,56+,57+,58-,59+,62?,63+,64-/m1/s1. The van der Waals surface area contributed by atoms with Gasteiger partial charge in [-0.15, -0.1) is 0 Å². The summed E-state index contributed by atoms with van der Waals surface area (Å²) in [7, 11) is 0. The molecule has 0 aliphatic heterocycles. The fourth-order valence-electron chi connectivity index (χ4n) is 14.5. The van der Waals surface area contributed by atoms with Crippen LogP contribution < -0.4 is 0 Å². The van der Waals surface area contributed by atoms with Gasteiger partial charge in [-0.25, -0.2) is 0 Å². The van der Waals surface area contributed by atoms with Crippen LogP contribution in [0.2, 0.25) is 0 Å². The van der Waals surface area contributed by atoms with Gasteiger partial charge in [0.05, 0.1) is 44.6 Å². The fraction of sp³-hybridized carbons (Fsp3) is 0.656. The van der Waals surface area contributed by atoms with E-state index < -0.39 is 0 Å². The van der Waals surface area contributed by atoms with Gasteiger partial charge in [-0.05, 0) is 129 Å². The van der Waals surface area contributed by atoms with Crippen molar-refractivity contribution < 1.29 is 33.4 Å². The van der Waals surface area contributed by atoms with Gasteiger partial charge in [0, 0.05) is 50.9 Å². The molecule has 0 radical (unpaired) electrons. The Balaban J connectivity index is 1.12. The second kappa shape index (κ2) is 27.6. The van der Waals surface area contributed by atoms with Gasteiger partial charge in [-0.1, -0.05) is 151 Å². The second-order valence-electron chi connectivity index (χ2n) is 23.5. The van der Waals surface area contributed by atoms with Crippen LogP contribution in [0.4, 0.5) is 0 Å². The van der Waals surface area contributed by atoms with Crippen LogP contribution in [-0.4, -0.2) is 77.9 Å². The Morgan fingerprint density at radius 1 is 0.603 bits per heavy atom. The fourth-order valence-corrected chi connectivity index (χ4v) is 14.5. The number of rotatable bonds is 29. The highest BCUT2D eigenvalue weighted by Gasteiger charge is 2.66. The van der Waals surface area contributed by atoms with Gasteiger partial charge in [0.2, 0.25) is 11.8 Å². The Kier molecular flexibility index (Phi) is 21.3. The highest BCUT2D eigenvalue weighted by Crippen LogP contribution is 2.69. The van der Waals surface area contributed by atoms with E-state index in [-0.39, 0.29) is 58.4 Å². The number of hydrogen-bond acceptors (Lipinski definition) is 7. The quantitative estimate of drug-likeness (QED) is 0.0638. The smallest absolute Gasteiger partial charge is 0.225 e. The molecule has 3 unspecified atom stereocenters. The number of nitrogens with zero attached hydrogens (tertiary/aromatic N) is 2. The van der Waals surface area contributed by atoms with Crippen molar-refractivity contribution in [1.82, 2.24) is 9.80 Å². The molecule has 3 aromatic carbocycles. The van der Waals surface area contributed by atoms with Gasteiger partial charge in [0.25, 0.3) is 0 Å². The summed E-state index contributed by atoms with van der Waals surface area (Å²) in [6.45, 7) is 16.7. The van der Waals surface area contributed by atoms with Crippen molar-refractivity contribution in [3.05, 3.63) is 108 Å². The molecule has 0 N–H and O–H groups in total. The average molecular weight is 1000 g/mol. The van der Waals surface area contributed by atoms with E-state index >= 15 is 0 Å². The lowest BCUT2D eigenvalue weighted by Crippen LogP contribution is -2.63. The van der Waals surface area contributed by atoms with E-state index in [0.717, 1.165) is 81.9 Å². The number of hydrogen-bond donors (Lipinski definition) is 0. The zero-order chi connectivity index (χ0) is 51.8. The van der Waals surface area contributed by atoms with Crippen LogP contribution >= 0.6 is 0 Å². The maximum atomic E-state index is 14.4. The summed E-state index contributed by atoms with van der Waals surface area (Å²) in [5, 5.41) is 0. The normalized spacial score (nSPS) is 27.8. The lowest BCUT2D eigenvalue weighted by Gasteiger charge is -2.65. The molecule has 0 saturated heterocycles. The van der Waals surface area contributed by atoms with Crippen molar-refractivity contribution in [3.8, 4) is 0 Å². The Morgan fingerprint density at radius 3 is 1.75 bits per heavy atom. The van der Waals surface area contributed by atoms with Gasteiger partial charge < -0.3 is 24.0 Å². The molecule has 0 aromatic heterocycles. The van der Waals surface area contributed by atoms with Gasteiger partial charge in [0.1, 0.15) is 11.6 Å². The minimum atomic E-state index is -0.182. The topological polar surface area (TPSA) is 102 Å². The lowest BCUT2D eigenvalue weighted by atomic mass is 9.43. The van der Waals surface area contributed by atoms with E-state index in [1.807, 2.05) is 47.4 Å². The molecule has 4 saturated carbocycles. The molecule has 4 fully saturated rings. The number of carbonyl (C=O) groups excluding carboxylic acids is 4. The van der Waals surface area contributed by atoms with Crippen LogP contribution in [0.1, 0.15) is 174 Å². The summed E-state index contributed by atoms with van der Waals surface area (Å²) >= 11 is 0. The van der Waals surface area contributed by atoms with Crippen molar-refractivity contribution in [2.75, 3.05) is 26.4 Å². The van der Waals surface area contributed by atoms with Gasteiger partial charge in [0.15, 0.2) is 0 Å². The largest absolute Gasteiger partial charge is 0.378 e. The minimum Gasteiger partial charge on any atom is -0.378 e. The molecule has 7 rings (SSSR count). The number of benzene rings is 3.